The number of oxazole rings is 1. The Bertz CT molecular complexity index is 1100. The SMILES string of the molecule is C=C(c1ocnc1C)N(C)C(=NC)SCCCN1CC2C[C@]2(c2ccc(C(F)(F)F)cc2F)C1. The number of likely N-dealkylation sites (tertiary alicyclic amines) is 1. The van der Waals surface area contributed by atoms with Crippen LogP contribution >= 0.6 is 11.8 Å². The maximum Gasteiger partial charge on any atom is 0.416 e. The molecule has 1 aliphatic carbocycles. The molecule has 4 rings (SSSR count). The lowest BCUT2D eigenvalue weighted by molar-refractivity contribution is -0.137. The molecular formula is C24H28F4N4OS. The lowest BCUT2D eigenvalue weighted by Crippen LogP contribution is -2.28. The molecule has 10 heteroatoms. The Balaban J connectivity index is 1.28. The number of halogens is 4. The van der Waals surface area contributed by atoms with E-state index in [9.17, 15) is 17.6 Å². The highest BCUT2D eigenvalue weighted by Crippen LogP contribution is 2.59. The molecule has 34 heavy (non-hydrogen) atoms. The van der Waals surface area contributed by atoms with Crippen molar-refractivity contribution in [1.82, 2.24) is 14.8 Å². The number of aliphatic imine (C=N–C) groups is 1. The summed E-state index contributed by atoms with van der Waals surface area (Å²) in [5, 5.41) is 0.813. The summed E-state index contributed by atoms with van der Waals surface area (Å²) in [5.41, 5.74) is 0.593. The molecule has 0 radical (unpaired) electrons. The van der Waals surface area contributed by atoms with Crippen LogP contribution < -0.4 is 0 Å². The zero-order valence-electron chi connectivity index (χ0n) is 19.5. The molecule has 1 saturated heterocycles. The van der Waals surface area contributed by atoms with E-state index in [0.29, 0.717) is 35.5 Å². The van der Waals surface area contributed by atoms with Crippen molar-refractivity contribution in [3.63, 3.8) is 0 Å². The van der Waals surface area contributed by atoms with Crippen LogP contribution in [-0.4, -0.2) is 59.4 Å². The van der Waals surface area contributed by atoms with E-state index >= 15 is 0 Å². The van der Waals surface area contributed by atoms with Crippen molar-refractivity contribution in [2.45, 2.75) is 31.4 Å². The Hall–Kier alpha value is -2.33. The van der Waals surface area contributed by atoms with Gasteiger partial charge in [0.25, 0.3) is 0 Å². The first-order valence-electron chi connectivity index (χ1n) is 11.1. The molecule has 1 aliphatic heterocycles. The van der Waals surface area contributed by atoms with E-state index in [-0.39, 0.29) is 5.41 Å². The molecule has 2 aliphatic rings. The molecule has 1 aromatic carbocycles. The smallest absolute Gasteiger partial charge is 0.416 e. The van der Waals surface area contributed by atoms with Crippen molar-refractivity contribution in [3.05, 3.63) is 59.6 Å². The van der Waals surface area contributed by atoms with Gasteiger partial charge in [-0.3, -0.25) is 4.99 Å². The number of aromatic nitrogens is 1. The molecule has 1 unspecified atom stereocenters. The van der Waals surface area contributed by atoms with E-state index < -0.39 is 17.6 Å². The summed E-state index contributed by atoms with van der Waals surface area (Å²) < 4.78 is 58.6. The van der Waals surface area contributed by atoms with Crippen molar-refractivity contribution >= 4 is 22.6 Å². The first kappa shape index (κ1) is 24.8. The third-order valence-corrected chi connectivity index (χ3v) is 8.00. The van der Waals surface area contributed by atoms with Crippen molar-refractivity contribution in [2.24, 2.45) is 10.9 Å². The standard InChI is InChI=1S/C24H28F4N4OS/c1-15-21(33-14-30-15)16(2)31(4)22(29-3)34-9-5-8-32-12-18-11-23(18,13-32)19-7-6-17(10-20(19)25)24(26,27)28/h6-7,10,14,18H,2,5,8-9,11-13H2,1,3-4H3/t18?,23-/m0/s1. The Labute approximate surface area is 200 Å². The van der Waals surface area contributed by atoms with Gasteiger partial charge in [0.15, 0.2) is 17.3 Å². The topological polar surface area (TPSA) is 44.9 Å². The molecule has 0 amide bonds. The van der Waals surface area contributed by atoms with Gasteiger partial charge in [0.1, 0.15) is 5.82 Å². The van der Waals surface area contributed by atoms with Gasteiger partial charge in [0.05, 0.1) is 17.0 Å². The van der Waals surface area contributed by atoms with Crippen molar-refractivity contribution in [2.75, 3.05) is 39.5 Å². The van der Waals surface area contributed by atoms with Crippen LogP contribution in [0.1, 0.15) is 35.4 Å². The fourth-order valence-electron chi connectivity index (χ4n) is 4.88. The van der Waals surface area contributed by atoms with E-state index in [2.05, 4.69) is 21.5 Å². The molecule has 0 N–H and O–H groups in total. The molecule has 2 heterocycles. The Morgan fingerprint density at radius 2 is 2.18 bits per heavy atom. The minimum Gasteiger partial charge on any atom is -0.442 e. The minimum atomic E-state index is -4.53. The molecule has 2 fully saturated rings. The molecule has 1 aromatic heterocycles. The van der Waals surface area contributed by atoms with Gasteiger partial charge in [0.2, 0.25) is 0 Å². The highest BCUT2D eigenvalue weighted by atomic mass is 32.2. The molecule has 5 nitrogen and oxygen atoms in total. The molecule has 0 spiro atoms. The van der Waals surface area contributed by atoms with Gasteiger partial charge in [-0.25, -0.2) is 9.37 Å². The maximum absolute atomic E-state index is 14.6. The maximum atomic E-state index is 14.6. The van der Waals surface area contributed by atoms with Crippen molar-refractivity contribution in [1.29, 1.82) is 0 Å². The number of thioether (sulfide) groups is 1. The monoisotopic (exact) mass is 496 g/mol. The van der Waals surface area contributed by atoms with Gasteiger partial charge >= 0.3 is 6.18 Å². The van der Waals surface area contributed by atoms with Gasteiger partial charge in [0, 0.05) is 38.4 Å². The van der Waals surface area contributed by atoms with Gasteiger partial charge in [-0.15, -0.1) is 0 Å². The number of aryl methyl sites for hydroxylation is 1. The van der Waals surface area contributed by atoms with Crippen LogP contribution in [0.15, 0.2) is 40.6 Å². The zero-order chi connectivity index (χ0) is 24.7. The number of hydrogen-bond acceptors (Lipinski definition) is 5. The number of amidine groups is 1. The number of fused-ring (bicyclic) bond motifs is 1. The number of nitrogens with zero attached hydrogens (tertiary/aromatic N) is 4. The summed E-state index contributed by atoms with van der Waals surface area (Å²) in [5.74, 6) is 1.02. The average molecular weight is 497 g/mol. The largest absolute Gasteiger partial charge is 0.442 e. The van der Waals surface area contributed by atoms with Crippen molar-refractivity contribution in [3.8, 4) is 0 Å². The van der Waals surface area contributed by atoms with Crippen molar-refractivity contribution < 1.29 is 22.0 Å². The minimum absolute atomic E-state index is 0.304. The molecular weight excluding hydrogens is 468 g/mol. The number of hydrogen-bond donors (Lipinski definition) is 0. The summed E-state index contributed by atoms with van der Waals surface area (Å²) in [4.78, 5) is 12.6. The molecule has 0 bridgehead atoms. The average Bonchev–Trinajstić information content (AvgIpc) is 3.11. The van der Waals surface area contributed by atoms with Gasteiger partial charge in [-0.2, -0.15) is 13.2 Å². The van der Waals surface area contributed by atoms with Crippen LogP contribution in [0.4, 0.5) is 17.6 Å². The fraction of sp³-hybridized carbons (Fsp3) is 0.500. The predicted octanol–water partition coefficient (Wildman–Crippen LogP) is 5.43. The van der Waals surface area contributed by atoms with Crippen LogP contribution in [0.3, 0.4) is 0 Å². The second-order valence-corrected chi connectivity index (χ2v) is 10.0. The van der Waals surface area contributed by atoms with E-state index in [1.807, 2.05) is 18.9 Å². The van der Waals surface area contributed by atoms with Crippen LogP contribution in [0, 0.1) is 18.7 Å². The first-order chi connectivity index (χ1) is 16.1. The highest BCUT2D eigenvalue weighted by molar-refractivity contribution is 8.13. The number of piperidine rings is 1. The first-order valence-corrected chi connectivity index (χ1v) is 12.1. The zero-order valence-corrected chi connectivity index (χ0v) is 20.3. The summed E-state index contributed by atoms with van der Waals surface area (Å²) in [6, 6.07) is 2.97. The molecule has 2 aromatic rings. The fourth-order valence-corrected chi connectivity index (χ4v) is 5.77. The Morgan fingerprint density at radius 1 is 1.41 bits per heavy atom. The summed E-state index contributed by atoms with van der Waals surface area (Å²) in [7, 11) is 3.62. The molecule has 2 atom stereocenters. The predicted molar refractivity (Wildman–Crippen MR) is 126 cm³/mol. The summed E-state index contributed by atoms with van der Waals surface area (Å²) in [6.45, 7) is 8.32. The summed E-state index contributed by atoms with van der Waals surface area (Å²) in [6.07, 6.45) is -1.40. The van der Waals surface area contributed by atoms with E-state index in [4.69, 9.17) is 4.42 Å². The third kappa shape index (κ3) is 4.75. The van der Waals surface area contributed by atoms with Crippen LogP contribution in [-0.2, 0) is 11.6 Å². The number of benzene rings is 1. The quantitative estimate of drug-likeness (QED) is 0.222. The second kappa shape index (κ2) is 9.37. The molecule has 1 saturated carbocycles. The van der Waals surface area contributed by atoms with Crippen LogP contribution in [0.25, 0.3) is 5.70 Å². The number of rotatable bonds is 7. The number of alkyl halides is 3. The Morgan fingerprint density at radius 3 is 2.79 bits per heavy atom. The van der Waals surface area contributed by atoms with Gasteiger partial charge < -0.3 is 14.2 Å². The lowest BCUT2D eigenvalue weighted by atomic mass is 9.93. The van der Waals surface area contributed by atoms with Crippen LogP contribution in [0.5, 0.6) is 0 Å². The van der Waals surface area contributed by atoms with Gasteiger partial charge in [-0.1, -0.05) is 24.4 Å². The van der Waals surface area contributed by atoms with E-state index in [0.717, 1.165) is 48.6 Å². The summed E-state index contributed by atoms with van der Waals surface area (Å²) >= 11 is 1.62. The molecule has 184 valence electrons. The normalized spacial score (nSPS) is 22.7. The van der Waals surface area contributed by atoms with Crippen LogP contribution in [0.2, 0.25) is 0 Å². The third-order valence-electron chi connectivity index (χ3n) is 6.79. The second-order valence-electron chi connectivity index (χ2n) is 8.97. The lowest BCUT2D eigenvalue weighted by Gasteiger charge is -2.23. The van der Waals surface area contributed by atoms with E-state index in [1.165, 1.54) is 12.5 Å². The highest BCUT2D eigenvalue weighted by Gasteiger charge is 2.61. The Kier molecular flexibility index (Phi) is 6.83. The van der Waals surface area contributed by atoms with Gasteiger partial charge in [-0.05, 0) is 49.9 Å². The van der Waals surface area contributed by atoms with E-state index in [1.54, 1.807) is 18.8 Å².